The monoisotopic (exact) mass is 431 g/mol. The van der Waals surface area contributed by atoms with E-state index in [1.165, 1.54) is 6.26 Å². The Labute approximate surface area is 174 Å². The van der Waals surface area contributed by atoms with E-state index in [9.17, 15) is 8.42 Å². The summed E-state index contributed by atoms with van der Waals surface area (Å²) in [5.74, 6) is 1.15. The molecule has 4 rings (SSSR count). The topological polar surface area (TPSA) is 89.2 Å². The molecular weight excluding hydrogens is 410 g/mol. The van der Waals surface area contributed by atoms with Gasteiger partial charge in [0.1, 0.15) is 11.0 Å². The number of anilines is 1. The molecule has 0 saturated heterocycles. The Morgan fingerprint density at radius 2 is 1.97 bits per heavy atom. The molecule has 0 spiro atoms. The molecule has 0 aliphatic carbocycles. The van der Waals surface area contributed by atoms with Crippen molar-refractivity contribution >= 4 is 43.9 Å². The molecule has 0 fully saturated rings. The average molecular weight is 432 g/mol. The summed E-state index contributed by atoms with van der Waals surface area (Å²) in [5.41, 5.74) is 2.42. The number of nitrogens with zero attached hydrogens (tertiary/aromatic N) is 4. The number of rotatable bonds is 4. The lowest BCUT2D eigenvalue weighted by Gasteiger charge is -2.13. The number of nitrogens with one attached hydrogen (secondary N) is 1. The van der Waals surface area contributed by atoms with Crippen LogP contribution in [0.2, 0.25) is 5.15 Å². The van der Waals surface area contributed by atoms with Gasteiger partial charge in [-0.1, -0.05) is 37.6 Å². The van der Waals surface area contributed by atoms with Crippen LogP contribution in [0.1, 0.15) is 25.0 Å². The summed E-state index contributed by atoms with van der Waals surface area (Å²) in [7, 11) is -3.28. The second-order valence-electron chi connectivity index (χ2n) is 6.25. The molecule has 9 heteroatoms. The fraction of sp³-hybridized carbons (Fsp3) is 0.250. The minimum atomic E-state index is -3.28. The smallest absolute Gasteiger partial charge is 0.236 e. The van der Waals surface area contributed by atoms with Crippen molar-refractivity contribution in [1.82, 2.24) is 19.4 Å². The lowest BCUT2D eigenvalue weighted by atomic mass is 10.1. The molecule has 0 amide bonds. The van der Waals surface area contributed by atoms with E-state index in [4.69, 9.17) is 11.6 Å². The third kappa shape index (κ3) is 4.18. The van der Waals surface area contributed by atoms with E-state index in [1.807, 2.05) is 30.5 Å². The zero-order valence-corrected chi connectivity index (χ0v) is 18.2. The standard InChI is InChI=1S/C18H16ClN5O2S.C2H6/c1-11-12(4-3-5-15(11)27(2,25)26)9-22-17-13-8-16(19)21-10-14(13)24-7-6-20-18(24)23-17;1-2/h3-8,10H,9H2,1-2H3,(H,20,22,23);1-2H3. The third-order valence-electron chi connectivity index (χ3n) is 4.44. The van der Waals surface area contributed by atoms with Crippen molar-refractivity contribution in [3.63, 3.8) is 0 Å². The van der Waals surface area contributed by atoms with Gasteiger partial charge in [0.2, 0.25) is 5.78 Å². The van der Waals surface area contributed by atoms with E-state index < -0.39 is 9.84 Å². The molecule has 1 aromatic carbocycles. The molecule has 4 aromatic rings. The van der Waals surface area contributed by atoms with Gasteiger partial charge in [0.25, 0.3) is 0 Å². The highest BCUT2D eigenvalue weighted by Gasteiger charge is 2.14. The summed E-state index contributed by atoms with van der Waals surface area (Å²) in [6.45, 7) is 6.21. The summed E-state index contributed by atoms with van der Waals surface area (Å²) in [5, 5.41) is 4.45. The zero-order valence-electron chi connectivity index (χ0n) is 16.6. The van der Waals surface area contributed by atoms with E-state index in [1.54, 1.807) is 37.5 Å². The first kappa shape index (κ1) is 21.0. The average Bonchev–Trinajstić information content (AvgIpc) is 3.16. The summed E-state index contributed by atoms with van der Waals surface area (Å²) in [4.78, 5) is 13.3. The molecule has 0 saturated carbocycles. The van der Waals surface area contributed by atoms with Gasteiger partial charge in [-0.15, -0.1) is 0 Å². The number of sulfone groups is 1. The first-order valence-corrected chi connectivity index (χ1v) is 11.4. The summed E-state index contributed by atoms with van der Waals surface area (Å²) in [6, 6.07) is 6.99. The number of fused-ring (bicyclic) bond motifs is 3. The van der Waals surface area contributed by atoms with Crippen molar-refractivity contribution < 1.29 is 8.42 Å². The van der Waals surface area contributed by atoms with Crippen LogP contribution in [0.15, 0.2) is 47.8 Å². The highest BCUT2D eigenvalue weighted by molar-refractivity contribution is 7.90. The SMILES string of the molecule is CC.Cc1c(CNc2nc3nccn3c3cnc(Cl)cc23)cccc1S(C)(=O)=O. The molecule has 0 atom stereocenters. The lowest BCUT2D eigenvalue weighted by Crippen LogP contribution is -2.08. The van der Waals surface area contributed by atoms with E-state index in [0.717, 1.165) is 22.0 Å². The second-order valence-corrected chi connectivity index (χ2v) is 8.62. The number of hydrogen-bond donors (Lipinski definition) is 1. The summed E-state index contributed by atoms with van der Waals surface area (Å²) >= 11 is 6.07. The van der Waals surface area contributed by atoms with Crippen LogP contribution in [0.3, 0.4) is 0 Å². The zero-order chi connectivity index (χ0) is 21.2. The van der Waals surface area contributed by atoms with E-state index in [2.05, 4.69) is 20.3 Å². The summed E-state index contributed by atoms with van der Waals surface area (Å²) < 4.78 is 25.7. The van der Waals surface area contributed by atoms with Crippen LogP contribution in [0.25, 0.3) is 16.7 Å². The van der Waals surface area contributed by atoms with Crippen LogP contribution in [-0.2, 0) is 16.4 Å². The molecule has 0 unspecified atom stereocenters. The molecule has 3 aromatic heterocycles. The molecule has 0 radical (unpaired) electrons. The number of benzene rings is 1. The molecule has 0 bridgehead atoms. The van der Waals surface area contributed by atoms with Crippen molar-refractivity contribution in [2.24, 2.45) is 0 Å². The Hall–Kier alpha value is -2.71. The van der Waals surface area contributed by atoms with E-state index >= 15 is 0 Å². The van der Waals surface area contributed by atoms with Gasteiger partial charge in [-0.05, 0) is 30.2 Å². The summed E-state index contributed by atoms with van der Waals surface area (Å²) in [6.07, 6.45) is 6.36. The molecule has 0 aliphatic rings. The third-order valence-corrected chi connectivity index (χ3v) is 5.89. The maximum absolute atomic E-state index is 11.9. The highest BCUT2D eigenvalue weighted by atomic mass is 35.5. The fourth-order valence-corrected chi connectivity index (χ4v) is 4.27. The molecule has 7 nitrogen and oxygen atoms in total. The van der Waals surface area contributed by atoms with E-state index in [-0.39, 0.29) is 0 Å². The second kappa shape index (κ2) is 8.34. The number of halogens is 1. The van der Waals surface area contributed by atoms with Crippen LogP contribution >= 0.6 is 11.6 Å². The lowest BCUT2D eigenvalue weighted by molar-refractivity contribution is 0.601. The van der Waals surface area contributed by atoms with Crippen molar-refractivity contribution in [1.29, 1.82) is 0 Å². The Morgan fingerprint density at radius 1 is 1.21 bits per heavy atom. The van der Waals surface area contributed by atoms with Gasteiger partial charge in [-0.2, -0.15) is 4.98 Å². The fourth-order valence-electron chi connectivity index (χ4n) is 3.10. The van der Waals surface area contributed by atoms with Crippen LogP contribution in [0.4, 0.5) is 5.82 Å². The Bertz CT molecular complexity index is 1290. The predicted octanol–water partition coefficient (Wildman–Crippen LogP) is 4.28. The van der Waals surface area contributed by atoms with Gasteiger partial charge in [-0.3, -0.25) is 4.40 Å². The minimum absolute atomic E-state index is 0.329. The van der Waals surface area contributed by atoms with E-state index in [0.29, 0.717) is 28.2 Å². The molecule has 152 valence electrons. The molecule has 3 heterocycles. The normalized spacial score (nSPS) is 11.3. The number of hydrogen-bond acceptors (Lipinski definition) is 6. The largest absolute Gasteiger partial charge is 0.365 e. The molecule has 0 aliphatic heterocycles. The van der Waals surface area contributed by atoms with Crippen molar-refractivity contribution in [3.8, 4) is 0 Å². The Morgan fingerprint density at radius 3 is 2.69 bits per heavy atom. The van der Waals surface area contributed by atoms with Gasteiger partial charge >= 0.3 is 0 Å². The van der Waals surface area contributed by atoms with Crippen molar-refractivity contribution in [2.45, 2.75) is 32.2 Å². The first-order chi connectivity index (χ1) is 13.8. The van der Waals surface area contributed by atoms with Gasteiger partial charge in [-0.25, -0.2) is 18.4 Å². The molecule has 1 N–H and O–H groups in total. The van der Waals surface area contributed by atoms with Crippen LogP contribution in [-0.4, -0.2) is 34.0 Å². The van der Waals surface area contributed by atoms with Gasteiger partial charge in [0, 0.05) is 30.6 Å². The molecular formula is C20H22ClN5O2S. The number of aromatic nitrogens is 4. The quantitative estimate of drug-likeness (QED) is 0.485. The van der Waals surface area contributed by atoms with Crippen LogP contribution < -0.4 is 5.32 Å². The maximum Gasteiger partial charge on any atom is 0.236 e. The molecule has 29 heavy (non-hydrogen) atoms. The minimum Gasteiger partial charge on any atom is -0.365 e. The van der Waals surface area contributed by atoms with Crippen LogP contribution in [0, 0.1) is 6.92 Å². The number of imidazole rings is 1. The Kier molecular flexibility index (Phi) is 6.04. The van der Waals surface area contributed by atoms with Crippen LogP contribution in [0.5, 0.6) is 0 Å². The highest BCUT2D eigenvalue weighted by Crippen LogP contribution is 2.26. The van der Waals surface area contributed by atoms with Crippen molar-refractivity contribution in [2.75, 3.05) is 11.6 Å². The van der Waals surface area contributed by atoms with Crippen molar-refractivity contribution in [3.05, 3.63) is 59.1 Å². The number of pyridine rings is 1. The maximum atomic E-state index is 11.9. The predicted molar refractivity (Wildman–Crippen MR) is 116 cm³/mol. The first-order valence-electron chi connectivity index (χ1n) is 9.15. The Balaban J connectivity index is 0.00000117. The van der Waals surface area contributed by atoms with Gasteiger partial charge < -0.3 is 5.32 Å². The van der Waals surface area contributed by atoms with Gasteiger partial charge in [0.15, 0.2) is 9.84 Å². The van der Waals surface area contributed by atoms with Gasteiger partial charge in [0.05, 0.1) is 16.6 Å².